The maximum absolute atomic E-state index is 11.9. The molecule has 0 bridgehead atoms. The number of nitrogens with zero attached hydrogens (tertiary/aromatic N) is 2. The number of nitrogens with one attached hydrogen (secondary N) is 2. The molecule has 0 atom stereocenters. The van der Waals surface area contributed by atoms with Crippen molar-refractivity contribution in [2.45, 2.75) is 40.5 Å². The summed E-state index contributed by atoms with van der Waals surface area (Å²) in [7, 11) is 0. The largest absolute Gasteiger partial charge is 0.273 e. The maximum Gasteiger partial charge on any atom is 0.240 e. The van der Waals surface area contributed by atoms with Crippen LogP contribution in [0.1, 0.15) is 48.9 Å². The van der Waals surface area contributed by atoms with Gasteiger partial charge in [-0.05, 0) is 38.8 Å². The SMILES string of the molecule is C/C(=N\NC(=O)CCC(=O)N/N=C(\C)c1ccc(C)cc1)c1ccc(C)cc1. The lowest BCUT2D eigenvalue weighted by atomic mass is 10.1. The molecule has 0 heterocycles. The van der Waals surface area contributed by atoms with Gasteiger partial charge in [-0.1, -0.05) is 59.7 Å². The standard InChI is InChI=1S/C22H26N4O2/c1-15-5-9-19(10-6-15)17(3)23-25-21(27)13-14-22(28)26-24-18(4)20-11-7-16(2)8-12-20/h5-12H,13-14H2,1-4H3,(H,25,27)(H,26,28)/b23-17+,24-18+. The van der Waals surface area contributed by atoms with Crippen molar-refractivity contribution < 1.29 is 9.59 Å². The number of benzene rings is 2. The average Bonchev–Trinajstić information content (AvgIpc) is 2.69. The highest BCUT2D eigenvalue weighted by molar-refractivity contribution is 6.00. The second kappa shape index (κ2) is 10.2. The molecule has 0 aliphatic rings. The van der Waals surface area contributed by atoms with Crippen molar-refractivity contribution in [2.75, 3.05) is 0 Å². The van der Waals surface area contributed by atoms with Crippen molar-refractivity contribution in [3.63, 3.8) is 0 Å². The molecule has 0 unspecified atom stereocenters. The van der Waals surface area contributed by atoms with Crippen LogP contribution in [0, 0.1) is 13.8 Å². The van der Waals surface area contributed by atoms with Gasteiger partial charge in [0.15, 0.2) is 0 Å². The van der Waals surface area contributed by atoms with Crippen LogP contribution in [0.5, 0.6) is 0 Å². The van der Waals surface area contributed by atoms with Crippen molar-refractivity contribution in [3.8, 4) is 0 Å². The van der Waals surface area contributed by atoms with Crippen LogP contribution >= 0.6 is 0 Å². The first kappa shape index (κ1) is 21.0. The summed E-state index contributed by atoms with van der Waals surface area (Å²) >= 11 is 0. The molecule has 2 aromatic rings. The summed E-state index contributed by atoms with van der Waals surface area (Å²) in [5, 5.41) is 8.16. The van der Waals surface area contributed by atoms with Gasteiger partial charge in [0.2, 0.25) is 11.8 Å². The van der Waals surface area contributed by atoms with Crippen LogP contribution in [0.15, 0.2) is 58.7 Å². The number of carbonyl (C=O) groups excluding carboxylic acids is 2. The molecule has 0 aliphatic carbocycles. The fraction of sp³-hybridized carbons (Fsp3) is 0.273. The summed E-state index contributed by atoms with van der Waals surface area (Å²) in [5.74, 6) is -0.637. The predicted octanol–water partition coefficient (Wildman–Crippen LogP) is 3.46. The van der Waals surface area contributed by atoms with Crippen LogP contribution in [0.4, 0.5) is 0 Å². The smallest absolute Gasteiger partial charge is 0.240 e. The van der Waals surface area contributed by atoms with E-state index >= 15 is 0 Å². The fourth-order valence-electron chi connectivity index (χ4n) is 2.35. The van der Waals surface area contributed by atoms with E-state index in [-0.39, 0.29) is 24.7 Å². The number of hydrogen-bond acceptors (Lipinski definition) is 4. The third-order valence-corrected chi connectivity index (χ3v) is 4.21. The molecule has 2 N–H and O–H groups in total. The molecule has 0 aliphatic heterocycles. The number of hydrogen-bond donors (Lipinski definition) is 2. The zero-order valence-corrected chi connectivity index (χ0v) is 16.7. The van der Waals surface area contributed by atoms with Crippen LogP contribution in [0.3, 0.4) is 0 Å². The van der Waals surface area contributed by atoms with Crippen LogP contribution in [-0.2, 0) is 9.59 Å². The van der Waals surface area contributed by atoms with Gasteiger partial charge in [0.1, 0.15) is 0 Å². The highest BCUT2D eigenvalue weighted by Crippen LogP contribution is 2.05. The van der Waals surface area contributed by atoms with E-state index in [4.69, 9.17) is 0 Å². The first-order valence-corrected chi connectivity index (χ1v) is 9.15. The lowest BCUT2D eigenvalue weighted by Crippen LogP contribution is -2.24. The van der Waals surface area contributed by atoms with Crippen molar-refractivity contribution in [2.24, 2.45) is 10.2 Å². The maximum atomic E-state index is 11.9. The van der Waals surface area contributed by atoms with E-state index < -0.39 is 0 Å². The predicted molar refractivity (Wildman–Crippen MR) is 112 cm³/mol. The average molecular weight is 378 g/mol. The lowest BCUT2D eigenvalue weighted by molar-refractivity contribution is -0.126. The molecule has 2 amide bonds. The molecule has 0 fully saturated rings. The number of rotatable bonds is 7. The van der Waals surface area contributed by atoms with E-state index in [1.807, 2.05) is 76.2 Å². The zero-order chi connectivity index (χ0) is 20.5. The van der Waals surface area contributed by atoms with Crippen LogP contribution in [-0.4, -0.2) is 23.2 Å². The van der Waals surface area contributed by atoms with Gasteiger partial charge in [0, 0.05) is 12.8 Å². The monoisotopic (exact) mass is 378 g/mol. The van der Waals surface area contributed by atoms with Crippen LogP contribution in [0.2, 0.25) is 0 Å². The summed E-state index contributed by atoms with van der Waals surface area (Å²) in [6.45, 7) is 7.66. The molecule has 0 aromatic heterocycles. The van der Waals surface area contributed by atoms with Crippen molar-refractivity contribution in [3.05, 3.63) is 70.8 Å². The molecule has 6 heteroatoms. The number of amides is 2. The minimum absolute atomic E-state index is 0.0373. The minimum atomic E-state index is -0.319. The summed E-state index contributed by atoms with van der Waals surface area (Å²) in [6.07, 6.45) is 0.0746. The quantitative estimate of drug-likeness (QED) is 0.571. The van der Waals surface area contributed by atoms with E-state index in [1.54, 1.807) is 0 Å². The molecule has 146 valence electrons. The highest BCUT2D eigenvalue weighted by atomic mass is 16.2. The van der Waals surface area contributed by atoms with Crippen molar-refractivity contribution in [1.82, 2.24) is 10.9 Å². The van der Waals surface area contributed by atoms with Gasteiger partial charge in [-0.3, -0.25) is 9.59 Å². The Bertz CT molecular complexity index is 806. The molecule has 28 heavy (non-hydrogen) atoms. The van der Waals surface area contributed by atoms with Gasteiger partial charge in [-0.2, -0.15) is 10.2 Å². The second-order valence-corrected chi connectivity index (χ2v) is 6.70. The Morgan fingerprint density at radius 3 is 1.32 bits per heavy atom. The molecule has 0 saturated carbocycles. The van der Waals surface area contributed by atoms with E-state index in [1.165, 1.54) is 0 Å². The Balaban J connectivity index is 1.78. The minimum Gasteiger partial charge on any atom is -0.273 e. The fourth-order valence-corrected chi connectivity index (χ4v) is 2.35. The first-order chi connectivity index (χ1) is 13.3. The molecular weight excluding hydrogens is 352 g/mol. The Labute approximate surface area is 165 Å². The molecule has 6 nitrogen and oxygen atoms in total. The lowest BCUT2D eigenvalue weighted by Gasteiger charge is -2.04. The molecule has 2 rings (SSSR count). The van der Waals surface area contributed by atoms with Gasteiger partial charge >= 0.3 is 0 Å². The molecule has 0 radical (unpaired) electrons. The van der Waals surface area contributed by atoms with Gasteiger partial charge in [-0.25, -0.2) is 10.9 Å². The highest BCUT2D eigenvalue weighted by Gasteiger charge is 2.07. The Hall–Kier alpha value is -3.28. The zero-order valence-electron chi connectivity index (χ0n) is 16.7. The van der Waals surface area contributed by atoms with Crippen molar-refractivity contribution >= 4 is 23.2 Å². The van der Waals surface area contributed by atoms with Gasteiger partial charge < -0.3 is 0 Å². The normalized spacial score (nSPS) is 11.9. The number of hydrazone groups is 2. The molecule has 2 aromatic carbocycles. The molecular formula is C22H26N4O2. The third-order valence-electron chi connectivity index (χ3n) is 4.21. The van der Waals surface area contributed by atoms with E-state index in [2.05, 4.69) is 21.1 Å². The van der Waals surface area contributed by atoms with Gasteiger partial charge in [0.25, 0.3) is 0 Å². The Morgan fingerprint density at radius 2 is 1.00 bits per heavy atom. The van der Waals surface area contributed by atoms with E-state index in [9.17, 15) is 9.59 Å². The summed E-state index contributed by atoms with van der Waals surface area (Å²) in [6, 6.07) is 15.7. The van der Waals surface area contributed by atoms with Crippen molar-refractivity contribution in [1.29, 1.82) is 0 Å². The summed E-state index contributed by atoms with van der Waals surface area (Å²) < 4.78 is 0. The van der Waals surface area contributed by atoms with Gasteiger partial charge in [0.05, 0.1) is 11.4 Å². The second-order valence-electron chi connectivity index (χ2n) is 6.70. The van der Waals surface area contributed by atoms with E-state index in [0.717, 1.165) is 22.3 Å². The first-order valence-electron chi connectivity index (χ1n) is 9.15. The van der Waals surface area contributed by atoms with E-state index in [0.29, 0.717) is 11.4 Å². The van der Waals surface area contributed by atoms with Crippen LogP contribution in [0.25, 0.3) is 0 Å². The Morgan fingerprint density at radius 1 is 0.679 bits per heavy atom. The molecule has 0 spiro atoms. The molecule has 0 saturated heterocycles. The third kappa shape index (κ3) is 6.79. The number of carbonyl (C=O) groups is 2. The summed E-state index contributed by atoms with van der Waals surface area (Å²) in [4.78, 5) is 23.8. The number of aryl methyl sites for hydroxylation is 2. The Kier molecular flexibility index (Phi) is 7.63. The van der Waals surface area contributed by atoms with Gasteiger partial charge in [-0.15, -0.1) is 0 Å². The topological polar surface area (TPSA) is 82.9 Å². The van der Waals surface area contributed by atoms with Crippen LogP contribution < -0.4 is 10.9 Å². The summed E-state index contributed by atoms with van der Waals surface area (Å²) in [5.41, 5.74) is 10.6.